The number of carbonyl (C=O) groups is 2. The third-order valence-corrected chi connectivity index (χ3v) is 4.72. The van der Waals surface area contributed by atoms with Crippen molar-refractivity contribution in [2.45, 2.75) is 19.6 Å². The molecule has 0 bridgehead atoms. The van der Waals surface area contributed by atoms with Crippen LogP contribution in [0.4, 0.5) is 0 Å². The Morgan fingerprint density at radius 2 is 2.04 bits per heavy atom. The molecular formula is C19H20N6O2. The summed E-state index contributed by atoms with van der Waals surface area (Å²) < 4.78 is 3.84. The van der Waals surface area contributed by atoms with Gasteiger partial charge in [-0.3, -0.25) is 14.6 Å². The normalized spacial score (nSPS) is 13.3. The minimum absolute atomic E-state index is 0.0941. The second-order valence-electron chi connectivity index (χ2n) is 6.45. The lowest BCUT2D eigenvalue weighted by Gasteiger charge is -2.28. The summed E-state index contributed by atoms with van der Waals surface area (Å²) in [4.78, 5) is 35.1. The lowest BCUT2D eigenvalue weighted by molar-refractivity contribution is 0.0700. The van der Waals surface area contributed by atoms with E-state index in [1.807, 2.05) is 19.3 Å². The molecule has 4 heterocycles. The van der Waals surface area contributed by atoms with E-state index in [1.165, 1.54) is 0 Å². The maximum atomic E-state index is 12.6. The van der Waals surface area contributed by atoms with Crippen LogP contribution in [0.3, 0.4) is 0 Å². The third kappa shape index (κ3) is 3.33. The average molecular weight is 364 g/mol. The number of nitrogens with one attached hydrogen (secondary N) is 1. The SMILES string of the molecule is Cn1cccc1C(=O)NCc1cnc2n1CCN(C(=O)c1ccccn1)C2. The summed E-state index contributed by atoms with van der Waals surface area (Å²) in [5.74, 6) is 0.595. The Bertz CT molecular complexity index is 975. The standard InChI is InChI=1S/C19H20N6O2/c1-23-8-4-6-16(23)18(26)22-12-14-11-21-17-13-24(9-10-25(14)17)19(27)15-5-2-3-7-20-15/h2-8,11H,9-10,12-13H2,1H3,(H,22,26). The molecule has 0 aliphatic carbocycles. The lowest BCUT2D eigenvalue weighted by atomic mass is 10.2. The van der Waals surface area contributed by atoms with E-state index in [0.29, 0.717) is 37.6 Å². The Labute approximate surface area is 156 Å². The molecule has 8 heteroatoms. The summed E-state index contributed by atoms with van der Waals surface area (Å²) in [5.41, 5.74) is 1.98. The van der Waals surface area contributed by atoms with Crippen molar-refractivity contribution >= 4 is 11.8 Å². The van der Waals surface area contributed by atoms with E-state index in [2.05, 4.69) is 19.9 Å². The van der Waals surface area contributed by atoms with Crippen LogP contribution in [-0.2, 0) is 26.7 Å². The van der Waals surface area contributed by atoms with E-state index in [1.54, 1.807) is 46.1 Å². The highest BCUT2D eigenvalue weighted by molar-refractivity contribution is 5.93. The van der Waals surface area contributed by atoms with E-state index < -0.39 is 0 Å². The maximum Gasteiger partial charge on any atom is 0.272 e. The Morgan fingerprint density at radius 1 is 1.15 bits per heavy atom. The molecule has 0 saturated heterocycles. The smallest absolute Gasteiger partial charge is 0.272 e. The number of carbonyl (C=O) groups excluding carboxylic acids is 2. The van der Waals surface area contributed by atoms with Crippen molar-refractivity contribution in [1.29, 1.82) is 0 Å². The van der Waals surface area contributed by atoms with Gasteiger partial charge in [0.1, 0.15) is 17.2 Å². The number of amides is 2. The minimum atomic E-state index is -0.124. The molecule has 8 nitrogen and oxygen atoms in total. The van der Waals surface area contributed by atoms with Crippen LogP contribution in [0.2, 0.25) is 0 Å². The molecular weight excluding hydrogens is 344 g/mol. The van der Waals surface area contributed by atoms with Crippen LogP contribution in [-0.4, -0.2) is 42.4 Å². The number of rotatable bonds is 4. The van der Waals surface area contributed by atoms with E-state index >= 15 is 0 Å². The van der Waals surface area contributed by atoms with E-state index in [0.717, 1.165) is 11.5 Å². The third-order valence-electron chi connectivity index (χ3n) is 4.72. The first-order valence-corrected chi connectivity index (χ1v) is 8.76. The van der Waals surface area contributed by atoms with Gasteiger partial charge in [-0.2, -0.15) is 0 Å². The molecule has 3 aromatic rings. The topological polar surface area (TPSA) is 85.0 Å². The van der Waals surface area contributed by atoms with Crippen LogP contribution in [0.1, 0.15) is 32.5 Å². The molecule has 0 unspecified atom stereocenters. The number of aryl methyl sites for hydroxylation is 1. The minimum Gasteiger partial charge on any atom is -0.347 e. The zero-order chi connectivity index (χ0) is 18.8. The van der Waals surface area contributed by atoms with Gasteiger partial charge in [0.25, 0.3) is 11.8 Å². The van der Waals surface area contributed by atoms with Gasteiger partial charge in [0.2, 0.25) is 0 Å². The van der Waals surface area contributed by atoms with Crippen LogP contribution in [0.15, 0.2) is 48.9 Å². The highest BCUT2D eigenvalue weighted by Crippen LogP contribution is 2.16. The van der Waals surface area contributed by atoms with Gasteiger partial charge in [0.05, 0.1) is 25.0 Å². The molecule has 1 aliphatic rings. The molecule has 2 amide bonds. The maximum absolute atomic E-state index is 12.6. The monoisotopic (exact) mass is 364 g/mol. The summed E-state index contributed by atoms with van der Waals surface area (Å²) >= 11 is 0. The Hall–Kier alpha value is -3.42. The number of hydrogen-bond acceptors (Lipinski definition) is 4. The lowest BCUT2D eigenvalue weighted by Crippen LogP contribution is -2.39. The number of pyridine rings is 1. The van der Waals surface area contributed by atoms with Gasteiger partial charge >= 0.3 is 0 Å². The second kappa shape index (κ2) is 7.06. The van der Waals surface area contributed by atoms with Crippen molar-refractivity contribution < 1.29 is 9.59 Å². The van der Waals surface area contributed by atoms with E-state index in [-0.39, 0.29) is 11.8 Å². The Balaban J connectivity index is 1.42. The highest BCUT2D eigenvalue weighted by Gasteiger charge is 2.25. The van der Waals surface area contributed by atoms with Gasteiger partial charge in [-0.15, -0.1) is 0 Å². The molecule has 1 N–H and O–H groups in total. The largest absolute Gasteiger partial charge is 0.347 e. The quantitative estimate of drug-likeness (QED) is 0.754. The first kappa shape index (κ1) is 17.0. The zero-order valence-corrected chi connectivity index (χ0v) is 15.0. The van der Waals surface area contributed by atoms with Crippen LogP contribution in [0.25, 0.3) is 0 Å². The molecule has 0 radical (unpaired) electrons. The molecule has 0 fully saturated rings. The molecule has 0 atom stereocenters. The summed E-state index contributed by atoms with van der Waals surface area (Å²) in [7, 11) is 1.84. The van der Waals surface area contributed by atoms with Crippen molar-refractivity contribution in [3.05, 3.63) is 71.8 Å². The summed E-state index contributed by atoms with van der Waals surface area (Å²) in [6, 6.07) is 8.92. The van der Waals surface area contributed by atoms with Crippen molar-refractivity contribution in [2.24, 2.45) is 7.05 Å². The summed E-state index contributed by atoms with van der Waals surface area (Å²) in [6.07, 6.45) is 5.21. The molecule has 4 rings (SSSR count). The van der Waals surface area contributed by atoms with Gasteiger partial charge in [0.15, 0.2) is 0 Å². The molecule has 0 aromatic carbocycles. The average Bonchev–Trinajstić information content (AvgIpc) is 3.31. The van der Waals surface area contributed by atoms with Crippen molar-refractivity contribution in [2.75, 3.05) is 6.54 Å². The molecule has 138 valence electrons. The van der Waals surface area contributed by atoms with Crippen LogP contribution in [0.5, 0.6) is 0 Å². The predicted molar refractivity (Wildman–Crippen MR) is 97.8 cm³/mol. The van der Waals surface area contributed by atoms with Gasteiger partial charge < -0.3 is 19.4 Å². The van der Waals surface area contributed by atoms with Gasteiger partial charge in [-0.05, 0) is 24.3 Å². The number of fused-ring (bicyclic) bond motifs is 1. The second-order valence-corrected chi connectivity index (χ2v) is 6.45. The Kier molecular flexibility index (Phi) is 4.45. The molecule has 0 spiro atoms. The molecule has 3 aromatic heterocycles. The summed E-state index contributed by atoms with van der Waals surface area (Å²) in [5, 5.41) is 2.93. The van der Waals surface area contributed by atoms with Crippen molar-refractivity contribution in [3.63, 3.8) is 0 Å². The van der Waals surface area contributed by atoms with Crippen molar-refractivity contribution in [3.8, 4) is 0 Å². The van der Waals surface area contributed by atoms with E-state index in [9.17, 15) is 9.59 Å². The van der Waals surface area contributed by atoms with Gasteiger partial charge in [-0.25, -0.2) is 4.98 Å². The first-order chi connectivity index (χ1) is 13.1. The Morgan fingerprint density at radius 3 is 2.78 bits per heavy atom. The fraction of sp³-hybridized carbons (Fsp3) is 0.263. The first-order valence-electron chi connectivity index (χ1n) is 8.76. The predicted octanol–water partition coefficient (Wildman–Crippen LogP) is 1.20. The molecule has 27 heavy (non-hydrogen) atoms. The number of imidazole rings is 1. The van der Waals surface area contributed by atoms with Crippen LogP contribution in [0, 0.1) is 0 Å². The summed E-state index contributed by atoms with van der Waals surface area (Å²) in [6.45, 7) is 2.05. The number of aromatic nitrogens is 4. The molecule has 0 saturated carbocycles. The van der Waals surface area contributed by atoms with Crippen LogP contribution >= 0.6 is 0 Å². The van der Waals surface area contributed by atoms with Crippen molar-refractivity contribution in [1.82, 2.24) is 29.3 Å². The van der Waals surface area contributed by atoms with E-state index in [4.69, 9.17) is 0 Å². The fourth-order valence-corrected chi connectivity index (χ4v) is 3.25. The fourth-order valence-electron chi connectivity index (χ4n) is 3.25. The van der Waals surface area contributed by atoms with Gasteiger partial charge in [0, 0.05) is 32.5 Å². The van der Waals surface area contributed by atoms with Crippen LogP contribution < -0.4 is 5.32 Å². The van der Waals surface area contributed by atoms with Gasteiger partial charge in [-0.1, -0.05) is 6.07 Å². The zero-order valence-electron chi connectivity index (χ0n) is 15.0. The number of hydrogen-bond donors (Lipinski definition) is 1. The highest BCUT2D eigenvalue weighted by atomic mass is 16.2. The number of nitrogens with zero attached hydrogens (tertiary/aromatic N) is 5. The molecule has 1 aliphatic heterocycles.